The summed E-state index contributed by atoms with van der Waals surface area (Å²) in [6.07, 6.45) is 4.96. The first-order valence-corrected chi connectivity index (χ1v) is 16.6. The van der Waals surface area contributed by atoms with Gasteiger partial charge in [0.25, 0.3) is 0 Å². The predicted molar refractivity (Wildman–Crippen MR) is 155 cm³/mol. The molecule has 1 aromatic carbocycles. The number of aromatic nitrogens is 2. The Morgan fingerprint density at radius 1 is 1.18 bits per heavy atom. The molecule has 11 heteroatoms. The molecule has 2 aromatic heterocycles. The van der Waals surface area contributed by atoms with Gasteiger partial charge in [-0.15, -0.1) is 0 Å². The topological polar surface area (TPSA) is 74.1 Å². The van der Waals surface area contributed by atoms with Gasteiger partial charge >= 0.3 is 0 Å². The molecule has 2 atom stereocenters. The van der Waals surface area contributed by atoms with Crippen molar-refractivity contribution in [2.45, 2.75) is 13.0 Å². The number of benzene rings is 1. The van der Waals surface area contributed by atoms with Gasteiger partial charge in [-0.1, -0.05) is 23.2 Å². The van der Waals surface area contributed by atoms with Crippen molar-refractivity contribution in [1.82, 2.24) is 9.97 Å². The molecule has 0 spiro atoms. The molecular weight excluding hydrogens is 623 g/mol. The van der Waals surface area contributed by atoms with Crippen molar-refractivity contribution in [3.05, 3.63) is 75.7 Å². The average Bonchev–Trinajstić information content (AvgIpc) is 2.85. The van der Waals surface area contributed by atoms with Gasteiger partial charge in [0.1, 0.15) is 17.7 Å². The van der Waals surface area contributed by atoms with E-state index in [0.717, 1.165) is 47.2 Å². The highest BCUT2D eigenvalue weighted by molar-refractivity contribution is 14.2. The second-order valence-electron chi connectivity index (χ2n) is 7.58. The standard InChI is InChI=1S/C23H23Cl2IN5OPS/c1-14(22-18(24)12-28-13-19(22)25)32-16-3-4-20(30-33-26)17(10-16)23(27)15-2-5-21(29-11-15)31-6-8-34-9-7-31/h2-5,10-14,27,30,33H,6-9H2,1H3/t14-/m1/s1. The average molecular weight is 646 g/mol. The van der Waals surface area contributed by atoms with Crippen molar-refractivity contribution in [1.29, 1.82) is 5.41 Å². The van der Waals surface area contributed by atoms with Crippen molar-refractivity contribution in [3.63, 3.8) is 0 Å². The molecule has 0 radical (unpaired) electrons. The molecule has 1 aliphatic heterocycles. The van der Waals surface area contributed by atoms with Crippen LogP contribution < -0.4 is 14.7 Å². The molecule has 6 nitrogen and oxygen atoms in total. The first-order chi connectivity index (χ1) is 16.5. The lowest BCUT2D eigenvalue weighted by molar-refractivity contribution is 0.227. The summed E-state index contributed by atoms with van der Waals surface area (Å²) in [7, 11) is 0. The molecule has 1 saturated heterocycles. The summed E-state index contributed by atoms with van der Waals surface area (Å²) >= 11 is 16.9. The molecule has 4 rings (SSSR count). The number of thioether (sulfide) groups is 1. The van der Waals surface area contributed by atoms with E-state index in [1.165, 1.54) is 0 Å². The summed E-state index contributed by atoms with van der Waals surface area (Å²) in [6, 6.07) is 9.65. The smallest absolute Gasteiger partial charge is 0.128 e. The van der Waals surface area contributed by atoms with Gasteiger partial charge in [0.15, 0.2) is 0 Å². The molecule has 2 N–H and O–H groups in total. The summed E-state index contributed by atoms with van der Waals surface area (Å²) < 4.78 is 6.18. The van der Waals surface area contributed by atoms with E-state index in [0.29, 0.717) is 33.4 Å². The van der Waals surface area contributed by atoms with Gasteiger partial charge in [0.05, 0.1) is 15.8 Å². The molecule has 0 aliphatic carbocycles. The fraction of sp³-hybridized carbons (Fsp3) is 0.261. The van der Waals surface area contributed by atoms with E-state index in [-0.39, 0.29) is 6.10 Å². The maximum Gasteiger partial charge on any atom is 0.128 e. The van der Waals surface area contributed by atoms with Gasteiger partial charge in [-0.2, -0.15) is 11.8 Å². The Balaban J connectivity index is 1.58. The van der Waals surface area contributed by atoms with E-state index in [2.05, 4.69) is 42.0 Å². The number of rotatable bonds is 8. The molecule has 0 saturated carbocycles. The third-order valence-electron chi connectivity index (χ3n) is 5.42. The number of pyridine rings is 2. The monoisotopic (exact) mass is 645 g/mol. The lowest BCUT2D eigenvalue weighted by Gasteiger charge is -2.27. The fourth-order valence-electron chi connectivity index (χ4n) is 3.71. The Hall–Kier alpha value is -1.32. The number of anilines is 2. The predicted octanol–water partition coefficient (Wildman–Crippen LogP) is 7.25. The Morgan fingerprint density at radius 2 is 1.91 bits per heavy atom. The van der Waals surface area contributed by atoms with E-state index < -0.39 is 0 Å². The minimum Gasteiger partial charge on any atom is -0.486 e. The van der Waals surface area contributed by atoms with E-state index >= 15 is 0 Å². The van der Waals surface area contributed by atoms with Crippen LogP contribution in [0.5, 0.6) is 5.75 Å². The first-order valence-electron chi connectivity index (χ1n) is 10.6. The van der Waals surface area contributed by atoms with E-state index in [9.17, 15) is 0 Å². The fourth-order valence-corrected chi connectivity index (χ4v) is 6.47. The third-order valence-corrected chi connectivity index (χ3v) is 8.14. The van der Waals surface area contributed by atoms with Crippen molar-refractivity contribution < 1.29 is 4.74 Å². The van der Waals surface area contributed by atoms with E-state index in [4.69, 9.17) is 33.3 Å². The zero-order valence-corrected chi connectivity index (χ0v) is 23.8. The Kier molecular flexibility index (Phi) is 9.15. The van der Waals surface area contributed by atoms with Crippen LogP contribution in [-0.2, 0) is 0 Å². The lowest BCUT2D eigenvalue weighted by Crippen LogP contribution is -2.33. The second kappa shape index (κ2) is 12.1. The van der Waals surface area contributed by atoms with Crippen LogP contribution in [0, 0.1) is 5.41 Å². The number of nitrogens with one attached hydrogen (secondary N) is 2. The van der Waals surface area contributed by atoms with Gasteiger partial charge in [-0.05, 0) is 59.3 Å². The number of hydrogen-bond acceptors (Lipinski definition) is 7. The summed E-state index contributed by atoms with van der Waals surface area (Å²) in [6.45, 7) is 3.89. The molecule has 3 heterocycles. The highest BCUT2D eigenvalue weighted by atomic mass is 127. The normalized spacial score (nSPS) is 14.9. The van der Waals surface area contributed by atoms with E-state index in [1.54, 1.807) is 18.6 Å². The first kappa shape index (κ1) is 25.8. The molecule has 0 amide bonds. The molecule has 0 bridgehead atoms. The van der Waals surface area contributed by atoms with Crippen LogP contribution in [-0.4, -0.2) is 40.3 Å². The Labute approximate surface area is 228 Å². The minimum absolute atomic E-state index is 0.378. The van der Waals surface area contributed by atoms with Crippen molar-refractivity contribution in [3.8, 4) is 5.75 Å². The maximum atomic E-state index is 8.91. The molecular formula is C23H23Cl2IN5OPS. The molecule has 3 aromatic rings. The summed E-state index contributed by atoms with van der Waals surface area (Å²) in [4.78, 5) is 10.9. The SMILES string of the molecule is C[C@@H](Oc1ccc(NPI)c(C(=N)c2ccc(N3CCSCC3)nc2)c1)c1c(Cl)cncc1Cl. The third kappa shape index (κ3) is 6.08. The highest BCUT2D eigenvalue weighted by Crippen LogP contribution is 2.35. The molecule has 1 aliphatic rings. The van der Waals surface area contributed by atoms with Crippen LogP contribution in [0.4, 0.5) is 11.5 Å². The molecule has 34 heavy (non-hydrogen) atoms. The van der Waals surface area contributed by atoms with Crippen LogP contribution in [0.25, 0.3) is 0 Å². The van der Waals surface area contributed by atoms with Crippen LogP contribution in [0.15, 0.2) is 48.9 Å². The zero-order valence-electron chi connectivity index (χ0n) is 18.3. The quantitative estimate of drug-likeness (QED) is 0.153. The summed E-state index contributed by atoms with van der Waals surface area (Å²) in [5, 5.41) is 13.2. The summed E-state index contributed by atoms with van der Waals surface area (Å²) in [5.74, 6) is 3.81. The van der Waals surface area contributed by atoms with Gasteiger partial charge in [-0.25, -0.2) is 4.98 Å². The van der Waals surface area contributed by atoms with Crippen LogP contribution >= 0.6 is 63.4 Å². The number of hydrogen-bond donors (Lipinski definition) is 2. The van der Waals surface area contributed by atoms with Crippen LogP contribution in [0.2, 0.25) is 10.0 Å². The molecule has 1 unspecified atom stereocenters. The lowest BCUT2D eigenvalue weighted by atomic mass is 10.0. The largest absolute Gasteiger partial charge is 0.486 e. The van der Waals surface area contributed by atoms with E-state index in [1.807, 2.05) is 49.0 Å². The van der Waals surface area contributed by atoms with Gasteiger partial charge in [0, 0.05) is 71.9 Å². The Bertz CT molecular complexity index is 1140. The van der Waals surface area contributed by atoms with Gasteiger partial charge < -0.3 is 14.7 Å². The molecule has 178 valence electrons. The van der Waals surface area contributed by atoms with Crippen LogP contribution in [0.1, 0.15) is 29.7 Å². The zero-order chi connectivity index (χ0) is 24.1. The van der Waals surface area contributed by atoms with Crippen molar-refractivity contribution >= 4 is 80.6 Å². The minimum atomic E-state index is -0.390. The maximum absolute atomic E-state index is 8.91. The second-order valence-corrected chi connectivity index (χ2v) is 11.7. The Morgan fingerprint density at radius 3 is 2.56 bits per heavy atom. The van der Waals surface area contributed by atoms with Gasteiger partial charge in [-0.3, -0.25) is 10.4 Å². The highest BCUT2D eigenvalue weighted by Gasteiger charge is 2.19. The number of nitrogens with zero attached hydrogens (tertiary/aromatic N) is 3. The summed E-state index contributed by atoms with van der Waals surface area (Å²) in [5.41, 5.74) is 3.42. The number of halogens is 3. The van der Waals surface area contributed by atoms with Crippen molar-refractivity contribution in [2.75, 3.05) is 34.6 Å². The molecule has 1 fully saturated rings. The number of ether oxygens (including phenoxy) is 1. The van der Waals surface area contributed by atoms with Crippen LogP contribution in [0.3, 0.4) is 0 Å². The van der Waals surface area contributed by atoms with Crippen molar-refractivity contribution in [2.24, 2.45) is 0 Å². The van der Waals surface area contributed by atoms with Gasteiger partial charge in [0.2, 0.25) is 0 Å².